The molecule has 142 valence electrons. The molecule has 0 spiro atoms. The van der Waals surface area contributed by atoms with Crippen molar-refractivity contribution >= 4 is 23.3 Å². The van der Waals surface area contributed by atoms with Gasteiger partial charge in [-0.2, -0.15) is 15.3 Å². The maximum atomic E-state index is 13.3. The van der Waals surface area contributed by atoms with Crippen LogP contribution < -0.4 is 10.6 Å². The van der Waals surface area contributed by atoms with E-state index in [-0.39, 0.29) is 17.0 Å². The van der Waals surface area contributed by atoms with E-state index in [0.29, 0.717) is 35.0 Å². The van der Waals surface area contributed by atoms with E-state index in [1.165, 1.54) is 6.33 Å². The van der Waals surface area contributed by atoms with Crippen molar-refractivity contribution in [1.29, 1.82) is 5.26 Å². The summed E-state index contributed by atoms with van der Waals surface area (Å²) in [6, 6.07) is 9.42. The number of nitriles is 1. The summed E-state index contributed by atoms with van der Waals surface area (Å²) < 4.78 is 0. The van der Waals surface area contributed by atoms with Crippen LogP contribution in [0.3, 0.4) is 0 Å². The van der Waals surface area contributed by atoms with Gasteiger partial charge in [-0.15, -0.1) is 0 Å². The third-order valence-corrected chi connectivity index (χ3v) is 5.41. The number of hydrogen-bond donors (Lipinski definition) is 2. The van der Waals surface area contributed by atoms with Crippen molar-refractivity contribution in [2.45, 2.75) is 32.6 Å². The van der Waals surface area contributed by atoms with Gasteiger partial charge >= 0.3 is 0 Å². The molecule has 0 bridgehead atoms. The topological polar surface area (TPSA) is 112 Å². The largest absolute Gasteiger partial charge is 0.384 e. The van der Waals surface area contributed by atoms with Crippen LogP contribution in [0.25, 0.3) is 0 Å². The molecule has 8 heteroatoms. The van der Waals surface area contributed by atoms with Crippen LogP contribution in [0.1, 0.15) is 38.2 Å². The standard InChI is InChI=1S/C20H19ClN6O/c1-20(2)7-14-17(15(28)8-20)16(11-4-3-5-12(21)6-11)13(9-22)18(23)27(14)19-24-10-25-26-19/h3-6,10,16H,7-8,23H2,1-2H3,(H,24,25,26)/t16-/m1/s1. The quantitative estimate of drug-likeness (QED) is 0.807. The predicted octanol–water partition coefficient (Wildman–Crippen LogP) is 3.40. The number of carbonyl (C=O) groups excluding carboxylic acids is 1. The van der Waals surface area contributed by atoms with Gasteiger partial charge in [-0.3, -0.25) is 9.69 Å². The van der Waals surface area contributed by atoms with Gasteiger partial charge in [-0.25, -0.2) is 5.10 Å². The van der Waals surface area contributed by atoms with E-state index in [4.69, 9.17) is 17.3 Å². The minimum absolute atomic E-state index is 0.000917. The lowest BCUT2D eigenvalue weighted by Crippen LogP contribution is -2.42. The molecule has 4 rings (SSSR count). The van der Waals surface area contributed by atoms with Crippen molar-refractivity contribution in [3.63, 3.8) is 0 Å². The molecule has 2 aliphatic rings. The number of rotatable bonds is 2. The second-order valence-corrected chi connectivity index (χ2v) is 8.28. The Morgan fingerprint density at radius 2 is 2.18 bits per heavy atom. The number of carbonyl (C=O) groups is 1. The van der Waals surface area contributed by atoms with Gasteiger partial charge in [0.2, 0.25) is 5.95 Å². The van der Waals surface area contributed by atoms with Gasteiger partial charge in [-0.05, 0) is 29.5 Å². The lowest BCUT2D eigenvalue weighted by atomic mass is 9.68. The Kier molecular flexibility index (Phi) is 4.24. The summed E-state index contributed by atoms with van der Waals surface area (Å²) in [6.45, 7) is 4.09. The Balaban J connectivity index is 2.00. The van der Waals surface area contributed by atoms with Crippen LogP contribution >= 0.6 is 11.6 Å². The highest BCUT2D eigenvalue weighted by molar-refractivity contribution is 6.30. The van der Waals surface area contributed by atoms with Crippen LogP contribution in [0.4, 0.5) is 5.95 Å². The van der Waals surface area contributed by atoms with Crippen LogP contribution in [0.2, 0.25) is 5.02 Å². The second-order valence-electron chi connectivity index (χ2n) is 7.84. The molecule has 1 aliphatic carbocycles. The number of nitrogens with one attached hydrogen (secondary N) is 1. The normalized spacial score (nSPS) is 21.6. The van der Waals surface area contributed by atoms with Gasteiger partial charge in [0.25, 0.3) is 0 Å². The Morgan fingerprint density at radius 1 is 1.39 bits per heavy atom. The van der Waals surface area contributed by atoms with Crippen LogP contribution in [-0.4, -0.2) is 21.0 Å². The van der Waals surface area contributed by atoms with Gasteiger partial charge in [0.15, 0.2) is 5.78 Å². The molecule has 0 saturated carbocycles. The fourth-order valence-corrected chi connectivity index (χ4v) is 4.28. The number of benzene rings is 1. The number of nitrogens with zero attached hydrogens (tertiary/aromatic N) is 4. The number of nitrogens with two attached hydrogens (primary N) is 1. The van der Waals surface area contributed by atoms with E-state index in [1.54, 1.807) is 17.0 Å². The zero-order chi connectivity index (χ0) is 20.1. The molecule has 0 saturated heterocycles. The highest BCUT2D eigenvalue weighted by Crippen LogP contribution is 2.49. The summed E-state index contributed by atoms with van der Waals surface area (Å²) in [6.07, 6.45) is 2.38. The molecular weight excluding hydrogens is 376 g/mol. The van der Waals surface area contributed by atoms with E-state index in [9.17, 15) is 10.1 Å². The fourth-order valence-electron chi connectivity index (χ4n) is 4.08. The van der Waals surface area contributed by atoms with Crippen molar-refractivity contribution in [1.82, 2.24) is 15.2 Å². The molecule has 0 unspecified atom stereocenters. The Hall–Kier alpha value is -3.11. The van der Waals surface area contributed by atoms with Crippen LogP contribution in [-0.2, 0) is 4.79 Å². The highest BCUT2D eigenvalue weighted by Gasteiger charge is 2.45. The molecule has 1 aliphatic heterocycles. The summed E-state index contributed by atoms with van der Waals surface area (Å²) in [5.41, 5.74) is 8.60. The number of aromatic nitrogens is 3. The second kappa shape index (κ2) is 6.50. The zero-order valence-corrected chi connectivity index (χ0v) is 16.3. The number of ketones is 1. The highest BCUT2D eigenvalue weighted by atomic mass is 35.5. The molecule has 0 radical (unpaired) electrons. The van der Waals surface area contributed by atoms with Crippen molar-refractivity contribution in [2.75, 3.05) is 4.90 Å². The third kappa shape index (κ3) is 2.86. The molecule has 1 aromatic heterocycles. The van der Waals surface area contributed by atoms with Gasteiger partial charge in [0.1, 0.15) is 12.1 Å². The van der Waals surface area contributed by atoms with Gasteiger partial charge < -0.3 is 5.73 Å². The lowest BCUT2D eigenvalue weighted by molar-refractivity contribution is -0.118. The van der Waals surface area contributed by atoms with Crippen molar-refractivity contribution in [3.8, 4) is 6.07 Å². The number of hydrogen-bond acceptors (Lipinski definition) is 6. The Bertz CT molecular complexity index is 1060. The van der Waals surface area contributed by atoms with Gasteiger partial charge in [0, 0.05) is 22.7 Å². The summed E-state index contributed by atoms with van der Waals surface area (Å²) in [4.78, 5) is 19.1. The molecule has 3 N–H and O–H groups in total. The lowest BCUT2D eigenvalue weighted by Gasteiger charge is -2.42. The predicted molar refractivity (Wildman–Crippen MR) is 105 cm³/mol. The van der Waals surface area contributed by atoms with Crippen LogP contribution in [0, 0.1) is 16.7 Å². The van der Waals surface area contributed by atoms with Crippen LogP contribution in [0.5, 0.6) is 0 Å². The molecule has 0 amide bonds. The van der Waals surface area contributed by atoms with E-state index >= 15 is 0 Å². The van der Waals surface area contributed by atoms with E-state index in [0.717, 1.165) is 11.3 Å². The monoisotopic (exact) mass is 394 g/mol. The average Bonchev–Trinajstić information content (AvgIpc) is 3.13. The summed E-state index contributed by atoms with van der Waals surface area (Å²) in [5.74, 6) is 0.0729. The third-order valence-electron chi connectivity index (χ3n) is 5.18. The summed E-state index contributed by atoms with van der Waals surface area (Å²) >= 11 is 6.19. The zero-order valence-electron chi connectivity index (χ0n) is 15.5. The molecule has 28 heavy (non-hydrogen) atoms. The fraction of sp³-hybridized carbons (Fsp3) is 0.300. The Morgan fingerprint density at radius 3 is 2.82 bits per heavy atom. The minimum atomic E-state index is -0.554. The van der Waals surface area contributed by atoms with Crippen molar-refractivity contribution in [3.05, 3.63) is 63.8 Å². The molecule has 2 aromatic rings. The molecular formula is C20H19ClN6O. The molecule has 0 fully saturated rings. The average molecular weight is 395 g/mol. The summed E-state index contributed by atoms with van der Waals surface area (Å²) in [7, 11) is 0. The molecule has 7 nitrogen and oxygen atoms in total. The number of allylic oxidation sites excluding steroid dienone is 3. The smallest absolute Gasteiger partial charge is 0.231 e. The van der Waals surface area contributed by atoms with E-state index in [1.807, 2.05) is 26.0 Å². The first-order chi connectivity index (χ1) is 13.3. The van der Waals surface area contributed by atoms with E-state index < -0.39 is 5.92 Å². The Labute approximate surface area is 167 Å². The number of H-pyrrole nitrogens is 1. The van der Waals surface area contributed by atoms with Crippen molar-refractivity contribution in [2.24, 2.45) is 11.1 Å². The van der Waals surface area contributed by atoms with Crippen molar-refractivity contribution < 1.29 is 4.79 Å². The maximum absolute atomic E-state index is 13.3. The first-order valence-electron chi connectivity index (χ1n) is 8.89. The molecule has 2 heterocycles. The number of halogens is 1. The SMILES string of the molecule is CC1(C)CC(=O)C2=C(C1)N(c1ncn[nH]1)C(N)=C(C#N)[C@H]2c1cccc(Cl)c1. The van der Waals surface area contributed by atoms with E-state index in [2.05, 4.69) is 21.3 Å². The minimum Gasteiger partial charge on any atom is -0.384 e. The number of anilines is 1. The number of aromatic amines is 1. The van der Waals surface area contributed by atoms with Crippen LogP contribution in [0.15, 0.2) is 53.3 Å². The molecule has 1 aromatic carbocycles. The first kappa shape index (κ1) is 18.3. The summed E-state index contributed by atoms with van der Waals surface area (Å²) in [5, 5.41) is 17.2. The van der Waals surface area contributed by atoms with Gasteiger partial charge in [-0.1, -0.05) is 37.6 Å². The first-order valence-corrected chi connectivity index (χ1v) is 9.27. The maximum Gasteiger partial charge on any atom is 0.231 e. The number of Topliss-reactive ketones (excluding diaryl/α,β-unsaturated/α-hetero) is 1. The van der Waals surface area contributed by atoms with Gasteiger partial charge in [0.05, 0.1) is 17.6 Å². The molecule has 1 atom stereocenters.